The molecule has 146 valence electrons. The Kier molecular flexibility index (Phi) is 5.78. The lowest BCUT2D eigenvalue weighted by atomic mass is 9.92. The summed E-state index contributed by atoms with van der Waals surface area (Å²) in [6.07, 6.45) is 3.47. The van der Waals surface area contributed by atoms with Crippen LogP contribution in [0.25, 0.3) is 0 Å². The van der Waals surface area contributed by atoms with Crippen molar-refractivity contribution in [1.29, 1.82) is 0 Å². The average molecular weight is 380 g/mol. The average Bonchev–Trinajstić information content (AvgIpc) is 2.94. The van der Waals surface area contributed by atoms with E-state index in [1.54, 1.807) is 48.8 Å². The quantitative estimate of drug-likeness (QED) is 0.785. The van der Waals surface area contributed by atoms with Gasteiger partial charge in [0.25, 0.3) is 5.91 Å². The zero-order valence-corrected chi connectivity index (χ0v) is 16.3. The number of rotatable bonds is 7. The van der Waals surface area contributed by atoms with Crippen LogP contribution in [-0.4, -0.2) is 28.4 Å². The normalized spacial score (nSPS) is 16.8. The fraction of sp³-hybridized carbons (Fsp3) is 0.318. The SMILES string of the molecule is CCOc1ccc(N2C(=O)C(O)=C(C(=O)CC(C)C)C2c2ccncc2)cc1. The summed E-state index contributed by atoms with van der Waals surface area (Å²) >= 11 is 0. The Morgan fingerprint density at radius 2 is 1.82 bits per heavy atom. The number of anilines is 1. The lowest BCUT2D eigenvalue weighted by molar-refractivity contribution is -0.118. The van der Waals surface area contributed by atoms with E-state index in [0.29, 0.717) is 23.6 Å². The van der Waals surface area contributed by atoms with Crippen molar-refractivity contribution in [2.45, 2.75) is 33.2 Å². The number of carbonyl (C=O) groups excluding carboxylic acids is 2. The summed E-state index contributed by atoms with van der Waals surface area (Å²) < 4.78 is 5.46. The molecule has 1 N–H and O–H groups in total. The molecule has 1 aromatic heterocycles. The van der Waals surface area contributed by atoms with Gasteiger partial charge in [-0.25, -0.2) is 0 Å². The van der Waals surface area contributed by atoms with Crippen LogP contribution in [0.15, 0.2) is 60.1 Å². The second kappa shape index (κ2) is 8.25. The fourth-order valence-corrected chi connectivity index (χ4v) is 3.37. The number of ether oxygens (including phenoxy) is 1. The second-order valence-electron chi connectivity index (χ2n) is 7.07. The molecule has 0 spiro atoms. The van der Waals surface area contributed by atoms with E-state index in [1.807, 2.05) is 20.8 Å². The van der Waals surface area contributed by atoms with Crippen molar-refractivity contribution in [2.24, 2.45) is 5.92 Å². The predicted octanol–water partition coefficient (Wildman–Crippen LogP) is 4.00. The summed E-state index contributed by atoms with van der Waals surface area (Å²) in [5, 5.41) is 10.6. The summed E-state index contributed by atoms with van der Waals surface area (Å²) in [6.45, 7) is 6.29. The van der Waals surface area contributed by atoms with Crippen molar-refractivity contribution in [3.05, 3.63) is 65.7 Å². The number of aromatic nitrogens is 1. The highest BCUT2D eigenvalue weighted by Crippen LogP contribution is 2.41. The molecule has 28 heavy (non-hydrogen) atoms. The van der Waals surface area contributed by atoms with Gasteiger partial charge in [-0.05, 0) is 54.8 Å². The van der Waals surface area contributed by atoms with Crippen LogP contribution >= 0.6 is 0 Å². The van der Waals surface area contributed by atoms with E-state index < -0.39 is 17.7 Å². The molecule has 6 heteroatoms. The molecule has 1 aliphatic heterocycles. The van der Waals surface area contributed by atoms with Crippen molar-refractivity contribution in [3.63, 3.8) is 0 Å². The summed E-state index contributed by atoms with van der Waals surface area (Å²) in [7, 11) is 0. The third-order valence-corrected chi connectivity index (χ3v) is 4.55. The predicted molar refractivity (Wildman–Crippen MR) is 106 cm³/mol. The molecule has 1 amide bonds. The third kappa shape index (κ3) is 3.76. The number of aliphatic hydroxyl groups is 1. The Balaban J connectivity index is 2.06. The number of nitrogens with zero attached hydrogens (tertiary/aromatic N) is 2. The molecule has 1 aliphatic rings. The van der Waals surface area contributed by atoms with Gasteiger partial charge in [0.1, 0.15) is 5.75 Å². The van der Waals surface area contributed by atoms with Crippen LogP contribution < -0.4 is 9.64 Å². The summed E-state index contributed by atoms with van der Waals surface area (Å²) in [4.78, 5) is 31.3. The van der Waals surface area contributed by atoms with Crippen molar-refractivity contribution in [1.82, 2.24) is 4.98 Å². The van der Waals surface area contributed by atoms with E-state index in [0.717, 1.165) is 0 Å². The van der Waals surface area contributed by atoms with Crippen molar-refractivity contribution in [3.8, 4) is 5.75 Å². The smallest absolute Gasteiger partial charge is 0.294 e. The van der Waals surface area contributed by atoms with Gasteiger partial charge in [0.2, 0.25) is 0 Å². The van der Waals surface area contributed by atoms with Gasteiger partial charge >= 0.3 is 0 Å². The summed E-state index contributed by atoms with van der Waals surface area (Å²) in [5.41, 5.74) is 1.43. The van der Waals surface area contributed by atoms with Crippen LogP contribution in [0.2, 0.25) is 0 Å². The highest BCUT2D eigenvalue weighted by molar-refractivity contribution is 6.16. The molecular weight excluding hydrogens is 356 g/mol. The van der Waals surface area contributed by atoms with Gasteiger partial charge in [0.15, 0.2) is 11.5 Å². The Hall–Kier alpha value is -3.15. The largest absolute Gasteiger partial charge is 0.503 e. The maximum atomic E-state index is 12.9. The Labute approximate surface area is 164 Å². The van der Waals surface area contributed by atoms with Gasteiger partial charge in [-0.3, -0.25) is 19.5 Å². The monoisotopic (exact) mass is 380 g/mol. The zero-order valence-electron chi connectivity index (χ0n) is 16.3. The summed E-state index contributed by atoms with van der Waals surface area (Å²) in [6, 6.07) is 9.84. The number of pyridine rings is 1. The number of aliphatic hydroxyl groups excluding tert-OH is 1. The Morgan fingerprint density at radius 1 is 1.18 bits per heavy atom. The first-order valence-corrected chi connectivity index (χ1v) is 9.36. The van der Waals surface area contributed by atoms with Crippen LogP contribution in [0, 0.1) is 5.92 Å². The van der Waals surface area contributed by atoms with Gasteiger partial charge in [-0.1, -0.05) is 13.8 Å². The molecule has 0 bridgehead atoms. The first-order chi connectivity index (χ1) is 13.4. The molecular formula is C22H24N2O4. The molecule has 1 unspecified atom stereocenters. The highest BCUT2D eigenvalue weighted by Gasteiger charge is 2.44. The zero-order chi connectivity index (χ0) is 20.3. The second-order valence-corrected chi connectivity index (χ2v) is 7.07. The summed E-state index contributed by atoms with van der Waals surface area (Å²) in [5.74, 6) is -0.498. The molecule has 0 saturated heterocycles. The molecule has 0 radical (unpaired) electrons. The van der Waals surface area contributed by atoms with Crippen LogP contribution in [0.1, 0.15) is 38.8 Å². The Morgan fingerprint density at radius 3 is 2.39 bits per heavy atom. The highest BCUT2D eigenvalue weighted by atomic mass is 16.5. The molecule has 1 atom stereocenters. The van der Waals surface area contributed by atoms with Gasteiger partial charge in [0.05, 0.1) is 18.2 Å². The van der Waals surface area contributed by atoms with Gasteiger partial charge in [-0.15, -0.1) is 0 Å². The standard InChI is InChI=1S/C22H24N2O4/c1-4-28-17-7-5-16(6-8-17)24-20(15-9-11-23-12-10-15)19(21(26)22(24)27)18(25)13-14(2)3/h5-12,14,20,26H,4,13H2,1-3H3. The maximum absolute atomic E-state index is 12.9. The molecule has 0 aliphatic carbocycles. The minimum Gasteiger partial charge on any atom is -0.503 e. The molecule has 2 aromatic rings. The van der Waals surface area contributed by atoms with Gasteiger partial charge in [0, 0.05) is 24.5 Å². The third-order valence-electron chi connectivity index (χ3n) is 4.55. The molecule has 6 nitrogen and oxygen atoms in total. The van der Waals surface area contributed by atoms with Gasteiger partial charge in [-0.2, -0.15) is 0 Å². The van der Waals surface area contributed by atoms with E-state index in [-0.39, 0.29) is 23.7 Å². The number of hydrogen-bond donors (Lipinski definition) is 1. The van der Waals surface area contributed by atoms with Crippen LogP contribution in [0.4, 0.5) is 5.69 Å². The molecule has 3 rings (SSSR count). The lowest BCUT2D eigenvalue weighted by Gasteiger charge is -2.27. The molecule has 0 fully saturated rings. The van der Waals surface area contributed by atoms with E-state index in [9.17, 15) is 14.7 Å². The topological polar surface area (TPSA) is 79.7 Å². The van der Waals surface area contributed by atoms with E-state index in [4.69, 9.17) is 4.74 Å². The number of Topliss-reactive ketones (excluding diaryl/α,β-unsaturated/α-hetero) is 1. The van der Waals surface area contributed by atoms with Crippen molar-refractivity contribution < 1.29 is 19.4 Å². The van der Waals surface area contributed by atoms with Crippen LogP contribution in [0.3, 0.4) is 0 Å². The van der Waals surface area contributed by atoms with Crippen molar-refractivity contribution >= 4 is 17.4 Å². The first kappa shape index (κ1) is 19.6. The maximum Gasteiger partial charge on any atom is 0.294 e. The minimum absolute atomic E-state index is 0.112. The number of ketones is 1. The molecule has 1 aromatic carbocycles. The minimum atomic E-state index is -0.695. The van der Waals surface area contributed by atoms with E-state index in [1.165, 1.54) is 4.90 Å². The van der Waals surface area contributed by atoms with Gasteiger partial charge < -0.3 is 9.84 Å². The van der Waals surface area contributed by atoms with Crippen LogP contribution in [-0.2, 0) is 9.59 Å². The number of amides is 1. The number of hydrogen-bond acceptors (Lipinski definition) is 5. The lowest BCUT2D eigenvalue weighted by Crippen LogP contribution is -2.31. The van der Waals surface area contributed by atoms with E-state index in [2.05, 4.69) is 4.98 Å². The molecule has 0 saturated carbocycles. The Bertz CT molecular complexity index is 889. The number of benzene rings is 1. The van der Waals surface area contributed by atoms with Crippen molar-refractivity contribution in [2.75, 3.05) is 11.5 Å². The van der Waals surface area contributed by atoms with Crippen LogP contribution in [0.5, 0.6) is 5.75 Å². The van der Waals surface area contributed by atoms with E-state index >= 15 is 0 Å². The fourth-order valence-electron chi connectivity index (χ4n) is 3.37. The first-order valence-electron chi connectivity index (χ1n) is 9.36. The number of carbonyl (C=O) groups is 2. The molecule has 2 heterocycles.